The van der Waals surface area contributed by atoms with E-state index in [0.29, 0.717) is 22.2 Å². The lowest BCUT2D eigenvalue weighted by Crippen LogP contribution is -2.37. The van der Waals surface area contributed by atoms with Crippen LogP contribution in [-0.2, 0) is 0 Å². The normalized spacial score (nSPS) is 20.5. The van der Waals surface area contributed by atoms with Gasteiger partial charge in [-0.3, -0.25) is 4.79 Å². The first kappa shape index (κ1) is 14.8. The number of carbonyl (C=O) groups excluding carboxylic acids is 1. The number of nitrogens with zero attached hydrogens (tertiary/aromatic N) is 3. The number of Topliss-reactive ketones (excluding diaryl/α,β-unsaturated/α-hetero) is 1. The second kappa shape index (κ2) is 5.81. The zero-order chi connectivity index (χ0) is 14.9. The first-order valence-electron chi connectivity index (χ1n) is 6.74. The molecular weight excluding hydrogens is 272 g/mol. The average molecular weight is 292 g/mol. The van der Waals surface area contributed by atoms with Gasteiger partial charge in [0.1, 0.15) is 16.6 Å². The Bertz CT molecular complexity index is 560. The monoisotopic (exact) mass is 292 g/mol. The third-order valence-electron chi connectivity index (χ3n) is 3.67. The Hall–Kier alpha value is -1.58. The Labute approximate surface area is 123 Å². The van der Waals surface area contributed by atoms with Crippen LogP contribution in [0.4, 0.5) is 10.7 Å². The molecule has 1 aliphatic heterocycles. The highest BCUT2D eigenvalue weighted by atomic mass is 32.1. The average Bonchev–Trinajstić information content (AvgIpc) is 2.61. The second-order valence-corrected chi connectivity index (χ2v) is 6.35. The van der Waals surface area contributed by atoms with Crippen molar-refractivity contribution in [3.8, 4) is 6.07 Å². The van der Waals surface area contributed by atoms with E-state index in [1.807, 2.05) is 0 Å². The minimum atomic E-state index is -0.0742. The van der Waals surface area contributed by atoms with Crippen LogP contribution in [-0.4, -0.2) is 43.4 Å². The van der Waals surface area contributed by atoms with E-state index < -0.39 is 0 Å². The van der Waals surface area contributed by atoms with Crippen molar-refractivity contribution in [2.75, 3.05) is 37.3 Å². The van der Waals surface area contributed by atoms with Crippen molar-refractivity contribution in [2.45, 2.75) is 26.3 Å². The molecule has 1 aromatic heterocycles. The summed E-state index contributed by atoms with van der Waals surface area (Å²) in [7, 11) is 2.11. The van der Waals surface area contributed by atoms with Gasteiger partial charge in [0, 0.05) is 26.1 Å². The third kappa shape index (κ3) is 2.65. The number of ketones is 1. The largest absolute Gasteiger partial charge is 0.396 e. The van der Waals surface area contributed by atoms with E-state index in [2.05, 4.69) is 29.8 Å². The van der Waals surface area contributed by atoms with Crippen LogP contribution in [0.1, 0.15) is 35.5 Å². The summed E-state index contributed by atoms with van der Waals surface area (Å²) >= 11 is 1.35. The molecule has 0 aliphatic carbocycles. The zero-order valence-electron chi connectivity index (χ0n) is 12.1. The van der Waals surface area contributed by atoms with E-state index >= 15 is 0 Å². The van der Waals surface area contributed by atoms with Crippen LogP contribution in [0.2, 0.25) is 0 Å². The maximum atomic E-state index is 11.6. The van der Waals surface area contributed by atoms with Crippen LogP contribution in [0.25, 0.3) is 0 Å². The molecule has 1 atom stereocenters. The Morgan fingerprint density at radius 3 is 2.80 bits per heavy atom. The number of rotatable bonds is 2. The van der Waals surface area contributed by atoms with Crippen molar-refractivity contribution in [1.82, 2.24) is 4.90 Å². The first-order chi connectivity index (χ1) is 9.45. The number of anilines is 2. The molecule has 0 radical (unpaired) electrons. The first-order valence-corrected chi connectivity index (χ1v) is 7.55. The molecule has 0 spiro atoms. The molecule has 5 nitrogen and oxygen atoms in total. The van der Waals surface area contributed by atoms with E-state index in [0.717, 1.165) is 31.1 Å². The van der Waals surface area contributed by atoms with Crippen LogP contribution in [0, 0.1) is 11.3 Å². The van der Waals surface area contributed by atoms with Gasteiger partial charge in [-0.1, -0.05) is 0 Å². The molecule has 2 N–H and O–H groups in total. The summed E-state index contributed by atoms with van der Waals surface area (Å²) in [5, 5.41) is 10.2. The Morgan fingerprint density at radius 2 is 2.20 bits per heavy atom. The molecule has 6 heteroatoms. The van der Waals surface area contributed by atoms with Crippen molar-refractivity contribution < 1.29 is 4.79 Å². The zero-order valence-corrected chi connectivity index (χ0v) is 13.0. The fourth-order valence-electron chi connectivity index (χ4n) is 2.68. The van der Waals surface area contributed by atoms with Gasteiger partial charge in [0.05, 0.1) is 10.6 Å². The van der Waals surface area contributed by atoms with Crippen LogP contribution >= 0.6 is 11.3 Å². The lowest BCUT2D eigenvalue weighted by Gasteiger charge is -2.29. The van der Waals surface area contributed by atoms with E-state index in [9.17, 15) is 10.1 Å². The molecule has 0 bridgehead atoms. The van der Waals surface area contributed by atoms with Crippen LogP contribution < -0.4 is 10.6 Å². The predicted octanol–water partition coefficient (Wildman–Crippen LogP) is 1.93. The second-order valence-electron chi connectivity index (χ2n) is 5.35. The molecule has 2 heterocycles. The number of hydrogen-bond acceptors (Lipinski definition) is 6. The van der Waals surface area contributed by atoms with Crippen molar-refractivity contribution in [2.24, 2.45) is 0 Å². The van der Waals surface area contributed by atoms with Crippen LogP contribution in [0.3, 0.4) is 0 Å². The number of nitrogens with two attached hydrogens (primary N) is 1. The molecule has 20 heavy (non-hydrogen) atoms. The van der Waals surface area contributed by atoms with Crippen molar-refractivity contribution in [3.63, 3.8) is 0 Å². The van der Waals surface area contributed by atoms with E-state index in [1.54, 1.807) is 0 Å². The van der Waals surface area contributed by atoms with Gasteiger partial charge in [0.15, 0.2) is 5.78 Å². The Kier molecular flexibility index (Phi) is 4.31. The smallest absolute Gasteiger partial charge is 0.171 e. The summed E-state index contributed by atoms with van der Waals surface area (Å²) in [5.74, 6) is -0.0742. The molecule has 1 saturated heterocycles. The molecule has 0 saturated carbocycles. The molecule has 1 aromatic rings. The standard InChI is InChI=1S/C14H20N4OS/c1-9-8-17(3)5-4-6-18(9)14-11(7-15)12(16)13(20-14)10(2)19/h9H,4-6,8,16H2,1-3H3. The van der Waals surface area contributed by atoms with Gasteiger partial charge in [-0.05, 0) is 26.9 Å². The fraction of sp³-hybridized carbons (Fsp3) is 0.571. The molecule has 1 fully saturated rings. The summed E-state index contributed by atoms with van der Waals surface area (Å²) in [4.78, 5) is 16.6. The van der Waals surface area contributed by atoms with Crippen LogP contribution in [0.15, 0.2) is 0 Å². The minimum absolute atomic E-state index is 0.0742. The van der Waals surface area contributed by atoms with Gasteiger partial charge < -0.3 is 15.5 Å². The highest BCUT2D eigenvalue weighted by Crippen LogP contribution is 2.39. The van der Waals surface area contributed by atoms with Crippen molar-refractivity contribution >= 4 is 27.8 Å². The summed E-state index contributed by atoms with van der Waals surface area (Å²) in [6, 6.07) is 2.47. The number of thiophene rings is 1. The van der Waals surface area contributed by atoms with Crippen molar-refractivity contribution in [3.05, 3.63) is 10.4 Å². The SMILES string of the molecule is CC(=O)c1sc(N2CCCN(C)CC2C)c(C#N)c1N. The van der Waals surface area contributed by atoms with E-state index in [1.165, 1.54) is 18.3 Å². The van der Waals surface area contributed by atoms with Gasteiger partial charge >= 0.3 is 0 Å². The number of nitriles is 1. The van der Waals surface area contributed by atoms with Gasteiger partial charge in [0.25, 0.3) is 0 Å². The summed E-state index contributed by atoms with van der Waals surface area (Å²) in [6.07, 6.45) is 1.04. The van der Waals surface area contributed by atoms with E-state index in [4.69, 9.17) is 5.73 Å². The summed E-state index contributed by atoms with van der Waals surface area (Å²) in [5.41, 5.74) is 6.76. The maximum Gasteiger partial charge on any atom is 0.171 e. The van der Waals surface area contributed by atoms with Crippen molar-refractivity contribution in [1.29, 1.82) is 5.26 Å². The third-order valence-corrected chi connectivity index (χ3v) is 5.01. The van der Waals surface area contributed by atoms with Crippen LogP contribution in [0.5, 0.6) is 0 Å². The van der Waals surface area contributed by atoms with Gasteiger partial charge in [-0.15, -0.1) is 11.3 Å². The molecule has 0 amide bonds. The summed E-state index contributed by atoms with van der Waals surface area (Å²) < 4.78 is 0. The molecule has 2 rings (SSSR count). The predicted molar refractivity (Wildman–Crippen MR) is 82.4 cm³/mol. The highest BCUT2D eigenvalue weighted by molar-refractivity contribution is 7.19. The maximum absolute atomic E-state index is 11.6. The quantitative estimate of drug-likeness (QED) is 0.843. The number of carbonyl (C=O) groups is 1. The molecule has 1 unspecified atom stereocenters. The Morgan fingerprint density at radius 1 is 1.50 bits per heavy atom. The molecule has 108 valence electrons. The van der Waals surface area contributed by atoms with E-state index in [-0.39, 0.29) is 5.78 Å². The highest BCUT2D eigenvalue weighted by Gasteiger charge is 2.27. The number of nitrogen functional groups attached to an aromatic ring is 1. The lowest BCUT2D eigenvalue weighted by molar-refractivity contribution is 0.102. The molecular formula is C14H20N4OS. The molecule has 1 aliphatic rings. The number of hydrogen-bond donors (Lipinski definition) is 1. The van der Waals surface area contributed by atoms with Gasteiger partial charge in [-0.2, -0.15) is 5.26 Å². The van der Waals surface area contributed by atoms with Gasteiger partial charge in [-0.25, -0.2) is 0 Å². The van der Waals surface area contributed by atoms with Gasteiger partial charge in [0.2, 0.25) is 0 Å². The minimum Gasteiger partial charge on any atom is -0.396 e. The topological polar surface area (TPSA) is 73.4 Å². The molecule has 0 aromatic carbocycles. The Balaban J connectivity index is 2.44. The lowest BCUT2D eigenvalue weighted by atomic mass is 10.2. The number of likely N-dealkylation sites (N-methyl/N-ethyl adjacent to an activating group) is 1. The fourth-order valence-corrected chi connectivity index (χ4v) is 3.87. The summed E-state index contributed by atoms with van der Waals surface area (Å²) in [6.45, 7) is 6.51.